The highest BCUT2D eigenvalue weighted by Gasteiger charge is 2.20. The van der Waals surface area contributed by atoms with Crippen molar-refractivity contribution in [3.05, 3.63) is 18.2 Å². The lowest BCUT2D eigenvalue weighted by Gasteiger charge is -2.32. The molecular weight excluding hydrogens is 224 g/mol. The fourth-order valence-electron chi connectivity index (χ4n) is 2.91. The Balaban J connectivity index is 1.94. The molecule has 0 saturated carbocycles. The second-order valence-electron chi connectivity index (χ2n) is 5.71. The Hall–Kier alpha value is -0.870. The molecule has 1 unspecified atom stereocenters. The first-order chi connectivity index (χ1) is 8.70. The highest BCUT2D eigenvalue weighted by Crippen LogP contribution is 2.21. The summed E-state index contributed by atoms with van der Waals surface area (Å²) in [5.74, 6) is 0.791. The minimum atomic E-state index is 0.493. The summed E-state index contributed by atoms with van der Waals surface area (Å²) in [4.78, 5) is 6.84. The molecule has 0 aliphatic carbocycles. The lowest BCUT2D eigenvalue weighted by Crippen LogP contribution is -2.36. The highest BCUT2D eigenvalue weighted by atomic mass is 15.2. The molecule has 1 aliphatic rings. The van der Waals surface area contributed by atoms with E-state index in [0.29, 0.717) is 6.04 Å². The van der Waals surface area contributed by atoms with Crippen LogP contribution in [0.3, 0.4) is 0 Å². The Morgan fingerprint density at radius 1 is 1.50 bits per heavy atom. The average Bonchev–Trinajstić information content (AvgIpc) is 2.78. The molecule has 2 rings (SSSR count). The normalized spacial score (nSPS) is 21.7. The van der Waals surface area contributed by atoms with E-state index in [0.717, 1.165) is 19.0 Å². The lowest BCUT2D eigenvalue weighted by atomic mass is 9.95. The number of nitrogens with zero attached hydrogens (tertiary/aromatic N) is 3. The maximum atomic E-state index is 5.67. The average molecular weight is 250 g/mol. The molecule has 102 valence electrons. The predicted octanol–water partition coefficient (Wildman–Crippen LogP) is 2.02. The number of hydrogen-bond acceptors (Lipinski definition) is 3. The van der Waals surface area contributed by atoms with Gasteiger partial charge in [0.15, 0.2) is 0 Å². The fourth-order valence-corrected chi connectivity index (χ4v) is 2.91. The van der Waals surface area contributed by atoms with Crippen LogP contribution in [0.25, 0.3) is 0 Å². The van der Waals surface area contributed by atoms with Gasteiger partial charge in [-0.25, -0.2) is 4.98 Å². The summed E-state index contributed by atoms with van der Waals surface area (Å²) in [7, 11) is 0. The molecule has 1 atom stereocenters. The van der Waals surface area contributed by atoms with E-state index in [1.54, 1.807) is 0 Å². The van der Waals surface area contributed by atoms with Crippen LogP contribution in [0.15, 0.2) is 12.5 Å². The zero-order valence-corrected chi connectivity index (χ0v) is 11.7. The molecule has 0 aromatic carbocycles. The molecule has 4 heteroatoms. The van der Waals surface area contributed by atoms with Crippen molar-refractivity contribution in [3.63, 3.8) is 0 Å². The Labute approximate surface area is 110 Å². The summed E-state index contributed by atoms with van der Waals surface area (Å²) in [6.45, 7) is 8.67. The first-order valence-electron chi connectivity index (χ1n) is 7.14. The molecule has 18 heavy (non-hydrogen) atoms. The largest absolute Gasteiger partial charge is 0.331 e. The van der Waals surface area contributed by atoms with Crippen molar-refractivity contribution < 1.29 is 0 Å². The minimum Gasteiger partial charge on any atom is -0.331 e. The van der Waals surface area contributed by atoms with Crippen molar-refractivity contribution >= 4 is 0 Å². The summed E-state index contributed by atoms with van der Waals surface area (Å²) >= 11 is 0. The summed E-state index contributed by atoms with van der Waals surface area (Å²) in [6, 6.07) is 0.493. The van der Waals surface area contributed by atoms with Crippen molar-refractivity contribution in [2.75, 3.05) is 19.6 Å². The molecule has 2 heterocycles. The molecule has 1 aromatic rings. The Bertz CT molecular complexity index is 356. The van der Waals surface area contributed by atoms with Crippen molar-refractivity contribution in [3.8, 4) is 0 Å². The van der Waals surface area contributed by atoms with Gasteiger partial charge in [-0.3, -0.25) is 4.90 Å². The van der Waals surface area contributed by atoms with Gasteiger partial charge in [-0.2, -0.15) is 0 Å². The Kier molecular flexibility index (Phi) is 4.78. The first kappa shape index (κ1) is 13.6. The predicted molar refractivity (Wildman–Crippen MR) is 74.3 cm³/mol. The van der Waals surface area contributed by atoms with E-state index in [2.05, 4.69) is 28.3 Å². The number of aromatic nitrogens is 2. The van der Waals surface area contributed by atoms with E-state index in [1.807, 2.05) is 12.5 Å². The van der Waals surface area contributed by atoms with E-state index in [1.165, 1.54) is 38.0 Å². The first-order valence-corrected chi connectivity index (χ1v) is 7.14. The van der Waals surface area contributed by atoms with Crippen LogP contribution >= 0.6 is 0 Å². The molecule has 0 bridgehead atoms. The van der Waals surface area contributed by atoms with Crippen molar-refractivity contribution in [1.29, 1.82) is 0 Å². The summed E-state index contributed by atoms with van der Waals surface area (Å²) in [6.07, 6.45) is 7.77. The summed E-state index contributed by atoms with van der Waals surface area (Å²) in [5.41, 5.74) is 7.00. The van der Waals surface area contributed by atoms with E-state index in [-0.39, 0.29) is 0 Å². The van der Waals surface area contributed by atoms with Crippen molar-refractivity contribution in [2.45, 2.75) is 45.7 Å². The molecular formula is C14H26N4. The molecule has 0 spiro atoms. The molecule has 4 nitrogen and oxygen atoms in total. The van der Waals surface area contributed by atoms with Crippen LogP contribution in [0.2, 0.25) is 0 Å². The smallest absolute Gasteiger partial charge is 0.0951 e. The topological polar surface area (TPSA) is 47.1 Å². The fraction of sp³-hybridized carbons (Fsp3) is 0.786. The SMILES string of the molecule is CC(C)n1cncc1CN1CCCC(CCN)C1. The molecule has 1 saturated heterocycles. The molecule has 1 fully saturated rings. The van der Waals surface area contributed by atoms with E-state index in [4.69, 9.17) is 5.73 Å². The quantitative estimate of drug-likeness (QED) is 0.869. The number of rotatable bonds is 5. The van der Waals surface area contributed by atoms with Gasteiger partial charge in [-0.05, 0) is 52.1 Å². The van der Waals surface area contributed by atoms with E-state index >= 15 is 0 Å². The zero-order valence-electron chi connectivity index (χ0n) is 11.7. The highest BCUT2D eigenvalue weighted by molar-refractivity contribution is 5.00. The van der Waals surface area contributed by atoms with Crippen LogP contribution in [0, 0.1) is 5.92 Å². The summed E-state index contributed by atoms with van der Waals surface area (Å²) < 4.78 is 2.27. The van der Waals surface area contributed by atoms with Crippen LogP contribution < -0.4 is 5.73 Å². The number of hydrogen-bond donors (Lipinski definition) is 1. The second-order valence-corrected chi connectivity index (χ2v) is 5.71. The van der Waals surface area contributed by atoms with Gasteiger partial charge in [-0.1, -0.05) is 0 Å². The van der Waals surface area contributed by atoms with E-state index < -0.39 is 0 Å². The third kappa shape index (κ3) is 3.33. The zero-order chi connectivity index (χ0) is 13.0. The molecule has 0 amide bonds. The maximum Gasteiger partial charge on any atom is 0.0951 e. The molecule has 2 N–H and O–H groups in total. The van der Waals surface area contributed by atoms with E-state index in [9.17, 15) is 0 Å². The number of imidazole rings is 1. The molecule has 0 radical (unpaired) electrons. The van der Waals surface area contributed by atoms with Gasteiger partial charge in [0.05, 0.1) is 12.0 Å². The van der Waals surface area contributed by atoms with Gasteiger partial charge in [0.25, 0.3) is 0 Å². The van der Waals surface area contributed by atoms with Gasteiger partial charge < -0.3 is 10.3 Å². The molecule has 1 aromatic heterocycles. The van der Waals surface area contributed by atoms with Gasteiger partial charge >= 0.3 is 0 Å². The van der Waals surface area contributed by atoms with Gasteiger partial charge in [0.1, 0.15) is 0 Å². The van der Waals surface area contributed by atoms with Crippen LogP contribution in [0.1, 0.15) is 44.8 Å². The van der Waals surface area contributed by atoms with Crippen LogP contribution in [-0.4, -0.2) is 34.1 Å². The molecule has 1 aliphatic heterocycles. The second kappa shape index (κ2) is 6.34. The van der Waals surface area contributed by atoms with Crippen LogP contribution in [-0.2, 0) is 6.54 Å². The third-order valence-corrected chi connectivity index (χ3v) is 3.87. The van der Waals surface area contributed by atoms with Gasteiger partial charge in [0.2, 0.25) is 0 Å². The summed E-state index contributed by atoms with van der Waals surface area (Å²) in [5, 5.41) is 0. The van der Waals surface area contributed by atoms with Crippen LogP contribution in [0.5, 0.6) is 0 Å². The maximum absolute atomic E-state index is 5.67. The Morgan fingerprint density at radius 3 is 3.06 bits per heavy atom. The lowest BCUT2D eigenvalue weighted by molar-refractivity contribution is 0.159. The third-order valence-electron chi connectivity index (χ3n) is 3.87. The van der Waals surface area contributed by atoms with Gasteiger partial charge in [0, 0.05) is 25.3 Å². The standard InChI is InChI=1S/C14H26N4/c1-12(2)18-11-16-8-14(18)10-17-7-3-4-13(9-17)5-6-15/h8,11-13H,3-7,9-10,15H2,1-2H3. The number of nitrogens with two attached hydrogens (primary N) is 1. The monoisotopic (exact) mass is 250 g/mol. The number of piperidine rings is 1. The minimum absolute atomic E-state index is 0.493. The number of likely N-dealkylation sites (tertiary alicyclic amines) is 1. The van der Waals surface area contributed by atoms with Gasteiger partial charge in [-0.15, -0.1) is 0 Å². The van der Waals surface area contributed by atoms with Crippen molar-refractivity contribution in [2.24, 2.45) is 11.7 Å². The van der Waals surface area contributed by atoms with Crippen LogP contribution in [0.4, 0.5) is 0 Å². The Morgan fingerprint density at radius 2 is 2.33 bits per heavy atom. The van der Waals surface area contributed by atoms with Crippen molar-refractivity contribution in [1.82, 2.24) is 14.5 Å².